The van der Waals surface area contributed by atoms with Crippen molar-refractivity contribution in [3.05, 3.63) is 95.3 Å². The Kier molecular flexibility index (Phi) is 7.19. The number of pyridine rings is 1. The van der Waals surface area contributed by atoms with Crippen LogP contribution in [0, 0.1) is 11.6 Å². The molecule has 1 unspecified atom stereocenters. The summed E-state index contributed by atoms with van der Waals surface area (Å²) < 4.78 is 53.7. The average Bonchev–Trinajstić information content (AvgIpc) is 3.31. The van der Waals surface area contributed by atoms with E-state index in [4.69, 9.17) is 0 Å². The van der Waals surface area contributed by atoms with Crippen LogP contribution in [0.4, 0.5) is 23.4 Å². The minimum atomic E-state index is -2.76. The lowest BCUT2D eigenvalue weighted by Crippen LogP contribution is -2.34. The summed E-state index contributed by atoms with van der Waals surface area (Å²) in [5, 5.41) is 2.60. The van der Waals surface area contributed by atoms with Crippen molar-refractivity contribution in [2.75, 3.05) is 18.9 Å². The number of likely N-dealkylation sites (N-methyl/N-ethyl adjacent to an activating group) is 1. The van der Waals surface area contributed by atoms with Crippen molar-refractivity contribution in [2.24, 2.45) is 0 Å². The van der Waals surface area contributed by atoms with Crippen LogP contribution in [0.2, 0.25) is 0 Å². The third-order valence-electron chi connectivity index (χ3n) is 6.77. The van der Waals surface area contributed by atoms with E-state index in [0.29, 0.717) is 40.9 Å². The van der Waals surface area contributed by atoms with Crippen molar-refractivity contribution >= 4 is 17.6 Å². The van der Waals surface area contributed by atoms with Gasteiger partial charge in [0.05, 0.1) is 17.2 Å². The van der Waals surface area contributed by atoms with Gasteiger partial charge in [-0.2, -0.15) is 0 Å². The summed E-state index contributed by atoms with van der Waals surface area (Å²) in [6, 6.07) is 13.9. The summed E-state index contributed by atoms with van der Waals surface area (Å²) in [4.78, 5) is 35.3. The quantitative estimate of drug-likeness (QED) is 0.283. The molecule has 1 aliphatic heterocycles. The molecule has 1 atom stereocenters. The zero-order valence-electron chi connectivity index (χ0n) is 20.8. The van der Waals surface area contributed by atoms with E-state index >= 15 is 0 Å². The lowest BCUT2D eigenvalue weighted by atomic mass is 9.94. The molecule has 2 aromatic heterocycles. The zero-order chi connectivity index (χ0) is 27.7. The van der Waals surface area contributed by atoms with Crippen molar-refractivity contribution in [3.8, 4) is 22.4 Å². The number of hydrogen-bond acceptors (Lipinski definition) is 3. The minimum Gasteiger partial charge on any atom is -0.357 e. The summed E-state index contributed by atoms with van der Waals surface area (Å²) in [5.41, 5.74) is 3.86. The highest BCUT2D eigenvalue weighted by atomic mass is 19.3. The maximum atomic E-state index is 13.7. The van der Waals surface area contributed by atoms with E-state index < -0.39 is 36.3 Å². The Morgan fingerprint density at radius 3 is 2.33 bits per heavy atom. The van der Waals surface area contributed by atoms with Crippen molar-refractivity contribution in [1.82, 2.24) is 14.9 Å². The third kappa shape index (κ3) is 5.41. The SMILES string of the molecule is CN1CCc2[nH]c(-c3ccnc(NC(=O)C(CC(F)F)c4ccc(F)cc4)c3)c(-c3ccc(F)cc3)c2C1=O. The highest BCUT2D eigenvalue weighted by molar-refractivity contribution is 6.07. The number of halogens is 4. The molecule has 0 saturated carbocycles. The maximum absolute atomic E-state index is 13.7. The van der Waals surface area contributed by atoms with E-state index in [9.17, 15) is 27.2 Å². The number of carbonyl (C=O) groups is 2. The first kappa shape index (κ1) is 26.1. The number of H-pyrrole nitrogens is 1. The van der Waals surface area contributed by atoms with Gasteiger partial charge in [-0.3, -0.25) is 9.59 Å². The van der Waals surface area contributed by atoms with E-state index in [0.717, 1.165) is 17.8 Å². The number of fused-ring (bicyclic) bond motifs is 1. The lowest BCUT2D eigenvalue weighted by molar-refractivity contribution is -0.118. The topological polar surface area (TPSA) is 78.1 Å². The van der Waals surface area contributed by atoms with Crippen LogP contribution < -0.4 is 5.32 Å². The number of aromatic amines is 1. The largest absolute Gasteiger partial charge is 0.357 e. The molecule has 0 saturated heterocycles. The fourth-order valence-corrected chi connectivity index (χ4v) is 4.80. The maximum Gasteiger partial charge on any atom is 0.256 e. The molecule has 0 spiro atoms. The minimum absolute atomic E-state index is 0.111. The first-order valence-corrected chi connectivity index (χ1v) is 12.3. The van der Waals surface area contributed by atoms with Gasteiger partial charge in [0.15, 0.2) is 0 Å². The molecule has 39 heavy (non-hydrogen) atoms. The van der Waals surface area contributed by atoms with Crippen LogP contribution in [-0.4, -0.2) is 46.7 Å². The first-order chi connectivity index (χ1) is 18.7. The number of benzene rings is 2. The van der Waals surface area contributed by atoms with Gasteiger partial charge in [-0.1, -0.05) is 24.3 Å². The second-order valence-corrected chi connectivity index (χ2v) is 9.36. The molecule has 0 radical (unpaired) electrons. The van der Waals surface area contributed by atoms with E-state index in [1.54, 1.807) is 36.2 Å². The number of alkyl halides is 2. The Bertz CT molecular complexity index is 1520. The predicted molar refractivity (Wildman–Crippen MR) is 138 cm³/mol. The molecule has 4 aromatic rings. The standard InChI is InChI=1S/C29H24F4N4O2/c1-37-13-11-22-26(29(37)39)25(17-4-8-20(31)9-5-17)27(35-22)18-10-12-34-24(14-18)36-28(38)21(15-23(32)33)16-2-6-19(30)7-3-16/h2-10,12,14,21,23,35H,11,13,15H2,1H3,(H,34,36,38). The monoisotopic (exact) mass is 536 g/mol. The molecular formula is C29H24F4N4O2. The summed E-state index contributed by atoms with van der Waals surface area (Å²) in [6.45, 7) is 0.529. The molecule has 1 aliphatic rings. The van der Waals surface area contributed by atoms with Gasteiger partial charge < -0.3 is 15.2 Å². The Morgan fingerprint density at radius 1 is 1.00 bits per heavy atom. The van der Waals surface area contributed by atoms with Gasteiger partial charge in [-0.15, -0.1) is 0 Å². The van der Waals surface area contributed by atoms with Gasteiger partial charge in [0, 0.05) is 49.5 Å². The van der Waals surface area contributed by atoms with Crippen LogP contribution in [-0.2, 0) is 11.2 Å². The number of rotatable bonds is 7. The highest BCUT2D eigenvalue weighted by Gasteiger charge is 2.31. The Hall–Kier alpha value is -4.47. The second kappa shape index (κ2) is 10.7. The molecule has 5 rings (SSSR count). The van der Waals surface area contributed by atoms with Crippen molar-refractivity contribution in [3.63, 3.8) is 0 Å². The van der Waals surface area contributed by atoms with Crippen LogP contribution in [0.1, 0.15) is 34.0 Å². The number of anilines is 1. The van der Waals surface area contributed by atoms with E-state index in [1.165, 1.54) is 30.5 Å². The third-order valence-corrected chi connectivity index (χ3v) is 6.77. The predicted octanol–water partition coefficient (Wildman–Crippen LogP) is 6.03. The number of nitrogens with one attached hydrogen (secondary N) is 2. The first-order valence-electron chi connectivity index (χ1n) is 12.3. The molecule has 0 bridgehead atoms. The number of hydrogen-bond donors (Lipinski definition) is 2. The van der Waals surface area contributed by atoms with Gasteiger partial charge in [0.1, 0.15) is 17.5 Å². The number of carbonyl (C=O) groups excluding carboxylic acids is 2. The van der Waals surface area contributed by atoms with Crippen LogP contribution in [0.25, 0.3) is 22.4 Å². The van der Waals surface area contributed by atoms with Crippen LogP contribution in [0.15, 0.2) is 66.9 Å². The Morgan fingerprint density at radius 2 is 1.67 bits per heavy atom. The number of nitrogens with zero attached hydrogens (tertiary/aromatic N) is 2. The van der Waals surface area contributed by atoms with Gasteiger partial charge in [0.25, 0.3) is 5.91 Å². The second-order valence-electron chi connectivity index (χ2n) is 9.36. The zero-order valence-corrected chi connectivity index (χ0v) is 20.8. The summed E-state index contributed by atoms with van der Waals surface area (Å²) in [6.07, 6.45) is -1.46. The molecule has 200 valence electrons. The van der Waals surface area contributed by atoms with E-state index in [2.05, 4.69) is 15.3 Å². The van der Waals surface area contributed by atoms with Gasteiger partial charge in [-0.25, -0.2) is 22.5 Å². The van der Waals surface area contributed by atoms with E-state index in [-0.39, 0.29) is 17.3 Å². The smallest absolute Gasteiger partial charge is 0.256 e. The Labute approximate surface area is 221 Å². The average molecular weight is 537 g/mol. The van der Waals surface area contributed by atoms with E-state index in [1.807, 2.05) is 0 Å². The molecule has 6 nitrogen and oxygen atoms in total. The molecule has 0 fully saturated rings. The molecule has 0 aliphatic carbocycles. The summed E-state index contributed by atoms with van der Waals surface area (Å²) in [5.74, 6) is -2.96. The van der Waals surface area contributed by atoms with Crippen LogP contribution in [0.3, 0.4) is 0 Å². The summed E-state index contributed by atoms with van der Waals surface area (Å²) in [7, 11) is 1.71. The highest BCUT2D eigenvalue weighted by Crippen LogP contribution is 2.39. The number of amides is 2. The molecule has 3 heterocycles. The molecule has 2 aromatic carbocycles. The molecule has 2 N–H and O–H groups in total. The van der Waals surface area contributed by atoms with Gasteiger partial charge >= 0.3 is 0 Å². The summed E-state index contributed by atoms with van der Waals surface area (Å²) >= 11 is 0. The van der Waals surface area contributed by atoms with Crippen LogP contribution in [0.5, 0.6) is 0 Å². The lowest BCUT2D eigenvalue weighted by Gasteiger charge is -2.23. The normalized spacial score (nSPS) is 13.9. The fraction of sp³-hybridized carbons (Fsp3) is 0.207. The number of aromatic nitrogens is 2. The van der Waals surface area contributed by atoms with Crippen molar-refractivity contribution in [1.29, 1.82) is 0 Å². The van der Waals surface area contributed by atoms with Crippen molar-refractivity contribution in [2.45, 2.75) is 25.2 Å². The fourth-order valence-electron chi connectivity index (χ4n) is 4.80. The molecule has 10 heteroatoms. The van der Waals surface area contributed by atoms with Crippen molar-refractivity contribution < 1.29 is 27.2 Å². The van der Waals surface area contributed by atoms with Gasteiger partial charge in [-0.05, 0) is 47.5 Å². The molecule has 2 amide bonds. The molecular weight excluding hydrogens is 512 g/mol. The Balaban J connectivity index is 1.52. The van der Waals surface area contributed by atoms with Gasteiger partial charge in [0.2, 0.25) is 12.3 Å². The van der Waals surface area contributed by atoms with Crippen LogP contribution >= 0.6 is 0 Å².